The van der Waals surface area contributed by atoms with Gasteiger partial charge in [-0.3, -0.25) is 9.97 Å². The average molecular weight is 1420 g/mol. The van der Waals surface area contributed by atoms with E-state index in [0.717, 1.165) is 149 Å². The van der Waals surface area contributed by atoms with Crippen molar-refractivity contribution in [3.05, 3.63) is 325 Å². The van der Waals surface area contributed by atoms with Crippen LogP contribution in [0.2, 0.25) is 0 Å². The number of para-hydroxylation sites is 6. The minimum Gasteiger partial charge on any atom is -0.436 e. The van der Waals surface area contributed by atoms with Gasteiger partial charge in [-0.25, -0.2) is 24.9 Å². The number of benzene rings is 10. The van der Waals surface area contributed by atoms with Gasteiger partial charge in [-0.2, -0.15) is 0 Å². The molecular weight excluding hydrogens is 1360 g/mol. The van der Waals surface area contributed by atoms with Crippen molar-refractivity contribution in [2.24, 2.45) is 0 Å². The number of fused-ring (bicyclic) bond motifs is 3. The van der Waals surface area contributed by atoms with E-state index in [4.69, 9.17) is 33.3 Å². The maximum Gasteiger partial charge on any atom is 0.488 e. The molecule has 17 aromatic rings. The third-order valence-corrected chi connectivity index (χ3v) is 17.6. The molecule has 0 aliphatic rings. The highest BCUT2D eigenvalue weighted by molar-refractivity contribution is 9.10. The monoisotopic (exact) mass is 1410 g/mol. The fraction of sp³-hybridized carbons (Fsp3) is 0.0119. The van der Waals surface area contributed by atoms with Gasteiger partial charge in [-0.15, -0.1) is 0 Å². The highest BCUT2D eigenvalue weighted by Crippen LogP contribution is 2.38. The van der Waals surface area contributed by atoms with Crippen LogP contribution in [0, 0.1) is 0 Å². The van der Waals surface area contributed by atoms with Crippen LogP contribution >= 0.6 is 31.9 Å². The van der Waals surface area contributed by atoms with Gasteiger partial charge >= 0.3 is 7.12 Å². The highest BCUT2D eigenvalue weighted by Gasteiger charge is 2.18. The first kappa shape index (κ1) is 64.5. The molecule has 0 saturated carbocycles. The van der Waals surface area contributed by atoms with Crippen LogP contribution in [0.3, 0.4) is 0 Å². The van der Waals surface area contributed by atoms with Gasteiger partial charge < -0.3 is 23.3 Å². The van der Waals surface area contributed by atoms with E-state index in [0.29, 0.717) is 23.1 Å². The number of hydrogen-bond donors (Lipinski definition) is 2. The topological polar surface area (TPSA) is 170 Å². The molecule has 12 nitrogen and oxygen atoms in total. The lowest BCUT2D eigenvalue weighted by Gasteiger charge is -2.13. The van der Waals surface area contributed by atoms with Crippen LogP contribution < -0.4 is 5.46 Å². The first-order valence-corrected chi connectivity index (χ1v) is 33.1. The lowest BCUT2D eigenvalue weighted by Crippen LogP contribution is -2.29. The van der Waals surface area contributed by atoms with Crippen LogP contribution in [0.5, 0.6) is 0 Å². The number of rotatable bonds is 12. The van der Waals surface area contributed by atoms with E-state index in [-0.39, 0.29) is 7.43 Å². The zero-order chi connectivity index (χ0) is 66.3. The maximum absolute atomic E-state index is 9.02. The van der Waals surface area contributed by atoms with Gasteiger partial charge in [0.1, 0.15) is 16.6 Å². The molecule has 0 unspecified atom stereocenters. The minimum atomic E-state index is -1.46. The molecule has 0 saturated heterocycles. The van der Waals surface area contributed by atoms with E-state index >= 15 is 0 Å². The predicted octanol–water partition coefficient (Wildman–Crippen LogP) is 21.2. The molecule has 2 N–H and O–H groups in total. The summed E-state index contributed by atoms with van der Waals surface area (Å²) in [5.41, 5.74) is 24.1. The Labute approximate surface area is 588 Å². The van der Waals surface area contributed by atoms with Crippen molar-refractivity contribution < 1.29 is 23.3 Å². The zero-order valence-electron chi connectivity index (χ0n) is 52.1. The zero-order valence-corrected chi connectivity index (χ0v) is 55.3. The number of oxazole rings is 3. The summed E-state index contributed by atoms with van der Waals surface area (Å²) in [7, 11) is -1.46. The molecule has 0 aliphatic heterocycles. The summed E-state index contributed by atoms with van der Waals surface area (Å²) in [5, 5.41) is 18.0. The summed E-state index contributed by atoms with van der Waals surface area (Å²) in [6.07, 6.45) is 3.59. The van der Waals surface area contributed by atoms with Crippen molar-refractivity contribution in [3.8, 4) is 124 Å². The number of nitrogens with zero attached hydrogens (tertiary/aromatic N) is 7. The fourth-order valence-electron chi connectivity index (χ4n) is 11.4. The van der Waals surface area contributed by atoms with Crippen molar-refractivity contribution in [3.63, 3.8) is 0 Å². The van der Waals surface area contributed by atoms with Crippen LogP contribution in [0.15, 0.2) is 338 Å². The number of hydrogen-bond acceptors (Lipinski definition) is 12. The molecule has 0 amide bonds. The molecule has 10 aromatic carbocycles. The lowest BCUT2D eigenvalue weighted by molar-refractivity contribution is 0.426. The second-order valence-electron chi connectivity index (χ2n) is 22.9. The smallest absolute Gasteiger partial charge is 0.436 e. The molecule has 0 aliphatic carbocycles. The standard InChI is InChI=1S/C48H30N4O2.C22H14Br2N2.C13H10BNO3.CH4/c1-3-10-44-42(8-1)51-47(53-44)37-24-16-33(17-25-37)31-12-20-35(21-13-31)39-28-29-41(40-7-5-6-30-49-40)50-46(39)36-22-14-32(15-23-36)34-18-26-38(27-19-34)48-52-43-9-2-4-11-45(43)54-48;23-17-8-4-15(5-9-17)19-12-13-21(20-3-1-2-14-25-20)26-22(19)16-6-10-18(24)11-7-16;16-14(17)10-7-5-9(6-8-10)13-15-11-3-1-2-4-12(11)18-13;/h1-30H;1-14H;1-8,16-17H;1H4. The normalized spacial score (nSPS) is 10.9. The Kier molecular flexibility index (Phi) is 19.1. The molecule has 476 valence electrons. The Morgan fingerprint density at radius 1 is 0.263 bits per heavy atom. The summed E-state index contributed by atoms with van der Waals surface area (Å²) >= 11 is 7.01. The van der Waals surface area contributed by atoms with E-state index in [1.54, 1.807) is 36.7 Å². The van der Waals surface area contributed by atoms with Crippen LogP contribution in [0.4, 0.5) is 0 Å². The Morgan fingerprint density at radius 3 is 0.889 bits per heavy atom. The lowest BCUT2D eigenvalue weighted by atomic mass is 9.80. The second-order valence-corrected chi connectivity index (χ2v) is 24.7. The first-order valence-electron chi connectivity index (χ1n) is 31.5. The first-order chi connectivity index (χ1) is 48.2. The Hall–Kier alpha value is -11.8. The van der Waals surface area contributed by atoms with Crippen LogP contribution in [-0.4, -0.2) is 52.1 Å². The van der Waals surface area contributed by atoms with Crippen molar-refractivity contribution in [2.45, 2.75) is 7.43 Å². The Morgan fingerprint density at radius 2 is 0.556 bits per heavy atom. The van der Waals surface area contributed by atoms with Gasteiger partial charge in [-0.1, -0.05) is 197 Å². The summed E-state index contributed by atoms with van der Waals surface area (Å²) in [4.78, 5) is 32.8. The van der Waals surface area contributed by atoms with Crippen LogP contribution in [-0.2, 0) is 0 Å². The highest BCUT2D eigenvalue weighted by atomic mass is 79.9. The van der Waals surface area contributed by atoms with E-state index in [1.807, 2.05) is 146 Å². The van der Waals surface area contributed by atoms with Gasteiger partial charge in [0.15, 0.2) is 16.7 Å². The molecule has 0 fully saturated rings. The van der Waals surface area contributed by atoms with Crippen molar-refractivity contribution in [2.75, 3.05) is 0 Å². The molecular formula is C84H58BBr2N7O5. The molecule has 99 heavy (non-hydrogen) atoms. The van der Waals surface area contributed by atoms with Gasteiger partial charge in [0.25, 0.3) is 0 Å². The molecule has 0 atom stereocenters. The summed E-state index contributed by atoms with van der Waals surface area (Å²) < 4.78 is 19.7. The van der Waals surface area contributed by atoms with E-state index in [2.05, 4.69) is 190 Å². The van der Waals surface area contributed by atoms with E-state index in [9.17, 15) is 0 Å². The summed E-state index contributed by atoms with van der Waals surface area (Å²) in [5.74, 6) is 1.76. The summed E-state index contributed by atoms with van der Waals surface area (Å²) in [6, 6.07) is 100. The maximum atomic E-state index is 9.02. The van der Waals surface area contributed by atoms with Crippen molar-refractivity contribution in [1.29, 1.82) is 0 Å². The van der Waals surface area contributed by atoms with Crippen molar-refractivity contribution >= 4 is 77.7 Å². The molecule has 0 radical (unpaired) electrons. The van der Waals surface area contributed by atoms with Gasteiger partial charge in [-0.05, 0) is 184 Å². The molecule has 7 heterocycles. The molecule has 0 bridgehead atoms. The number of pyridine rings is 4. The summed E-state index contributed by atoms with van der Waals surface area (Å²) in [6.45, 7) is 0. The third kappa shape index (κ3) is 14.5. The number of aromatic nitrogens is 7. The predicted molar refractivity (Wildman–Crippen MR) is 405 cm³/mol. The largest absolute Gasteiger partial charge is 0.488 e. The third-order valence-electron chi connectivity index (χ3n) is 16.5. The minimum absolute atomic E-state index is 0. The Balaban J connectivity index is 0.000000153. The average Bonchev–Trinajstić information content (AvgIpc) is 1.74. The number of halogens is 2. The fourth-order valence-corrected chi connectivity index (χ4v) is 12.0. The quantitative estimate of drug-likeness (QED) is 0.111. The van der Waals surface area contributed by atoms with E-state index in [1.165, 1.54) is 0 Å². The van der Waals surface area contributed by atoms with Gasteiger partial charge in [0.05, 0.1) is 34.2 Å². The second kappa shape index (κ2) is 29.2. The van der Waals surface area contributed by atoms with Crippen LogP contribution in [0.25, 0.3) is 157 Å². The van der Waals surface area contributed by atoms with Crippen molar-refractivity contribution in [1.82, 2.24) is 34.9 Å². The van der Waals surface area contributed by atoms with E-state index < -0.39 is 7.12 Å². The molecule has 0 spiro atoms. The van der Waals surface area contributed by atoms with Gasteiger partial charge in [0, 0.05) is 60.3 Å². The van der Waals surface area contributed by atoms with Crippen LogP contribution in [0.1, 0.15) is 7.43 Å². The molecule has 15 heteroatoms. The van der Waals surface area contributed by atoms with Gasteiger partial charge in [0.2, 0.25) is 17.7 Å². The SMILES string of the molecule is Brc1ccc(-c2ccc(-c3ccccn3)nc2-c2ccc(Br)cc2)cc1.C.OB(O)c1ccc(-c2nc3ccccc3o2)cc1.c1ccc(-c2ccc(-c3ccc(-c4ccc(-c5nc6ccccc6o5)cc4)cc3)c(-c3ccc(-c4ccc(-c5nc6ccccc6o5)cc4)cc3)n2)nc1. The molecule has 17 rings (SSSR count). The molecule has 7 aromatic heterocycles. The Bertz CT molecular complexity index is 5490.